The number of aromatic nitrogens is 4. The van der Waals surface area contributed by atoms with Gasteiger partial charge in [-0.15, -0.1) is 22.1 Å². The topological polar surface area (TPSA) is 97.1 Å². The summed E-state index contributed by atoms with van der Waals surface area (Å²) < 4.78 is 0.906. The molecule has 0 amide bonds. The quantitative estimate of drug-likeness (QED) is 0.0967. The Kier molecular flexibility index (Phi) is 14.8. The van der Waals surface area contributed by atoms with Gasteiger partial charge < -0.3 is 9.97 Å². The van der Waals surface area contributed by atoms with Crippen molar-refractivity contribution in [2.24, 2.45) is 0 Å². The molecule has 7 aromatic rings. The van der Waals surface area contributed by atoms with Crippen molar-refractivity contribution in [1.82, 2.24) is 19.9 Å². The molecular formula is C68H74BrCuN5O2. The summed E-state index contributed by atoms with van der Waals surface area (Å²) in [4.78, 5) is 35.8. The molecule has 0 unspecified atom stereocenters. The van der Waals surface area contributed by atoms with Crippen molar-refractivity contribution in [2.75, 3.05) is 0 Å². The van der Waals surface area contributed by atoms with Crippen LogP contribution in [0.2, 0.25) is 0 Å². The van der Waals surface area contributed by atoms with Crippen LogP contribution >= 0.6 is 15.9 Å². The molecule has 0 atom stereocenters. The van der Waals surface area contributed by atoms with E-state index >= 15 is 0 Å². The maximum atomic E-state index is 13.8. The SMILES string of the molecule is CC(C)(C)c1cc(-c2c3nc(c(-c4cc(C(C)(C)C)cc(C(C)(C)C)c4)c4ccc([n-]4)c(-c4cc(C(C)(C)C)cc(C(C)(C)C)c4)c4nc(c(-c5ccc(Br)cc5)c5ccc2[n-]5)C=C4[N+](=O)[O-])C=C3)cc(C(C)(C)C)c1.[Cu+2]. The minimum absolute atomic E-state index is 0. The van der Waals surface area contributed by atoms with Crippen LogP contribution in [0.25, 0.3) is 90.5 Å². The van der Waals surface area contributed by atoms with E-state index in [9.17, 15) is 10.1 Å². The second-order valence-corrected chi connectivity index (χ2v) is 28.1. The number of nitrogens with zero attached hydrogens (tertiary/aromatic N) is 5. The van der Waals surface area contributed by atoms with Crippen molar-refractivity contribution in [1.29, 1.82) is 0 Å². The Morgan fingerprint density at radius 3 is 1.01 bits per heavy atom. The molecule has 0 fully saturated rings. The normalized spacial score (nSPS) is 13.4. The van der Waals surface area contributed by atoms with Gasteiger partial charge >= 0.3 is 17.1 Å². The molecule has 0 spiro atoms. The van der Waals surface area contributed by atoms with E-state index in [1.54, 1.807) is 6.08 Å². The van der Waals surface area contributed by atoms with Crippen molar-refractivity contribution < 1.29 is 22.0 Å². The summed E-state index contributed by atoms with van der Waals surface area (Å²) in [5.41, 5.74) is 17.3. The fraction of sp³-hybridized carbons (Fsp3) is 0.353. The first-order valence-electron chi connectivity index (χ1n) is 26.6. The average Bonchev–Trinajstić information content (AvgIpc) is 4.16. The third kappa shape index (κ3) is 11.6. The zero-order valence-electron chi connectivity index (χ0n) is 48.3. The molecular weight excluding hydrogens is 1060 g/mol. The van der Waals surface area contributed by atoms with E-state index in [0.29, 0.717) is 33.4 Å². The number of fused-ring (bicyclic) bond motifs is 8. The first kappa shape index (κ1) is 57.1. The maximum Gasteiger partial charge on any atom is 2.00 e. The Balaban J connectivity index is 0.00000784. The molecule has 77 heavy (non-hydrogen) atoms. The smallest absolute Gasteiger partial charge is 0.657 e. The molecule has 8 bridgehead atoms. The molecule has 0 saturated heterocycles. The molecule has 2 aliphatic rings. The van der Waals surface area contributed by atoms with Gasteiger partial charge in [-0.1, -0.05) is 232 Å². The summed E-state index contributed by atoms with van der Waals surface area (Å²) in [6, 6.07) is 36.6. The fourth-order valence-corrected chi connectivity index (χ4v) is 10.3. The van der Waals surface area contributed by atoms with E-state index < -0.39 is 0 Å². The molecule has 0 saturated carbocycles. The van der Waals surface area contributed by atoms with Gasteiger partial charge in [0.2, 0.25) is 0 Å². The summed E-state index contributed by atoms with van der Waals surface area (Å²) in [6.07, 6.45) is 5.89. The molecule has 5 heterocycles. The second-order valence-electron chi connectivity index (χ2n) is 27.2. The molecule has 9 rings (SSSR count). The predicted octanol–water partition coefficient (Wildman–Crippen LogP) is 18.7. The number of nitro groups is 1. The first-order valence-corrected chi connectivity index (χ1v) is 27.4. The van der Waals surface area contributed by atoms with Crippen molar-refractivity contribution in [3.8, 4) is 44.5 Å². The number of hydrogen-bond donors (Lipinski definition) is 0. The van der Waals surface area contributed by atoms with Crippen LogP contribution in [0.15, 0.2) is 108 Å². The zero-order valence-corrected chi connectivity index (χ0v) is 50.8. The van der Waals surface area contributed by atoms with Gasteiger partial charge in [0.05, 0.1) is 22.0 Å². The van der Waals surface area contributed by atoms with Crippen molar-refractivity contribution >= 4 is 61.9 Å². The van der Waals surface area contributed by atoms with E-state index in [4.69, 9.17) is 19.9 Å². The number of halogens is 1. The molecule has 401 valence electrons. The zero-order chi connectivity index (χ0) is 55.4. The molecule has 4 aromatic carbocycles. The molecule has 1 radical (unpaired) electrons. The number of benzene rings is 4. The first-order chi connectivity index (χ1) is 35.1. The van der Waals surface area contributed by atoms with Gasteiger partial charge in [-0.3, -0.25) is 10.1 Å². The summed E-state index contributed by atoms with van der Waals surface area (Å²) in [5.74, 6) is 0. The molecule has 0 N–H and O–H groups in total. The van der Waals surface area contributed by atoms with E-state index in [1.807, 2.05) is 36.4 Å². The standard InChI is InChI=1S/C68H74BrN5O2.Cu/c1-63(2,3)43-29-40(30-44(35-43)64(4,5)6)59-51-24-23-50(70-51)58(39-19-21-49(69)22-20-39)56-38-57(74(75)76)62(73-56)61(42-33-47(67(13,14)15)37-48(34-42)68(16,17)18)55-28-27-54(72-55)60(53-26-25-52(59)71-53)41-31-45(65(7,8)9)36-46(32-41)66(10,11)12;/h19-38H,1-18H3;/q-2;+2. The summed E-state index contributed by atoms with van der Waals surface area (Å²) in [7, 11) is 0. The van der Waals surface area contributed by atoms with Gasteiger partial charge in [0.25, 0.3) is 5.70 Å². The van der Waals surface area contributed by atoms with Crippen LogP contribution in [0.3, 0.4) is 0 Å². The molecule has 9 heteroatoms. The third-order valence-corrected chi connectivity index (χ3v) is 15.4. The minimum atomic E-state index is -0.301. The van der Waals surface area contributed by atoms with Gasteiger partial charge in [0.1, 0.15) is 5.69 Å². The van der Waals surface area contributed by atoms with E-state index in [-0.39, 0.29) is 65.9 Å². The average molecular weight is 1140 g/mol. The van der Waals surface area contributed by atoms with E-state index in [1.165, 1.54) is 22.3 Å². The fourth-order valence-electron chi connectivity index (χ4n) is 10.00. The van der Waals surface area contributed by atoms with Crippen LogP contribution in [0.4, 0.5) is 0 Å². The van der Waals surface area contributed by atoms with Crippen molar-refractivity contribution in [3.63, 3.8) is 0 Å². The summed E-state index contributed by atoms with van der Waals surface area (Å²) in [5, 5.41) is 13.8. The molecule has 2 aliphatic heterocycles. The van der Waals surface area contributed by atoms with Gasteiger partial charge in [-0.2, -0.15) is 0 Å². The van der Waals surface area contributed by atoms with Crippen molar-refractivity contribution in [3.05, 3.63) is 174 Å². The predicted molar refractivity (Wildman–Crippen MR) is 324 cm³/mol. The Morgan fingerprint density at radius 2 is 0.701 bits per heavy atom. The van der Waals surface area contributed by atoms with Crippen LogP contribution < -0.4 is 9.97 Å². The van der Waals surface area contributed by atoms with Gasteiger partial charge in [-0.05, 0) is 135 Å². The third-order valence-electron chi connectivity index (χ3n) is 14.9. The molecule has 7 nitrogen and oxygen atoms in total. The monoisotopic (exact) mass is 1130 g/mol. The Bertz CT molecular complexity index is 3640. The van der Waals surface area contributed by atoms with Gasteiger partial charge in [0.15, 0.2) is 0 Å². The minimum Gasteiger partial charge on any atom is -0.657 e. The van der Waals surface area contributed by atoms with E-state index in [0.717, 1.165) is 65.9 Å². The number of rotatable bonds is 5. The van der Waals surface area contributed by atoms with Crippen LogP contribution in [-0.4, -0.2) is 14.9 Å². The van der Waals surface area contributed by atoms with Crippen LogP contribution in [0.5, 0.6) is 0 Å². The van der Waals surface area contributed by atoms with Gasteiger partial charge in [-0.25, -0.2) is 9.97 Å². The molecule has 0 aliphatic carbocycles. The Morgan fingerprint density at radius 1 is 0.403 bits per heavy atom. The van der Waals surface area contributed by atoms with Crippen molar-refractivity contribution in [2.45, 2.75) is 157 Å². The number of hydrogen-bond acceptors (Lipinski definition) is 4. The summed E-state index contributed by atoms with van der Waals surface area (Å²) >= 11 is 3.66. The Hall–Kier alpha value is -6.12. The summed E-state index contributed by atoms with van der Waals surface area (Å²) in [6.45, 7) is 40.3. The van der Waals surface area contributed by atoms with Gasteiger partial charge in [0, 0.05) is 10.5 Å². The Labute approximate surface area is 476 Å². The second kappa shape index (κ2) is 20.0. The van der Waals surface area contributed by atoms with E-state index in [2.05, 4.69) is 219 Å². The van der Waals surface area contributed by atoms with Crippen LogP contribution in [0, 0.1) is 10.1 Å². The van der Waals surface area contributed by atoms with Crippen LogP contribution in [-0.2, 0) is 49.6 Å². The maximum absolute atomic E-state index is 13.8. The van der Waals surface area contributed by atoms with Crippen LogP contribution in [0.1, 0.15) is 181 Å². The molecule has 3 aromatic heterocycles. The largest absolute Gasteiger partial charge is 2.00 e.